The van der Waals surface area contributed by atoms with Crippen molar-refractivity contribution in [2.45, 2.75) is 44.0 Å². The van der Waals surface area contributed by atoms with Crippen molar-refractivity contribution in [1.82, 2.24) is 15.3 Å². The summed E-state index contributed by atoms with van der Waals surface area (Å²) in [5.74, 6) is -2.19. The molecular weight excluding hydrogens is 621 g/mol. The number of alkyl halides is 2. The molecule has 0 bridgehead atoms. The van der Waals surface area contributed by atoms with Gasteiger partial charge in [0.2, 0.25) is 11.9 Å². The largest absolute Gasteiger partial charge is 0.586 e. The van der Waals surface area contributed by atoms with E-state index >= 15 is 0 Å². The fraction of sp³-hybridized carbons (Fsp3) is 0.333. The van der Waals surface area contributed by atoms with Crippen molar-refractivity contribution in [3.63, 3.8) is 0 Å². The van der Waals surface area contributed by atoms with Gasteiger partial charge in [0.05, 0.1) is 19.3 Å². The summed E-state index contributed by atoms with van der Waals surface area (Å²) in [6, 6.07) is 10.2. The molecule has 4 heterocycles. The SMILES string of the molecule is COc1cc(C(=O)NC[C@](O)(c2cc3c(c(-c4ccc5c(c4)OC(F)(F)O5)n2)OC[C@]3(C)C(N)=O)C2CC2)cc2cc(C)c(F)nc12. The van der Waals surface area contributed by atoms with Crippen LogP contribution in [-0.2, 0) is 15.8 Å². The maximum atomic E-state index is 14.2. The number of aryl methyl sites for hydroxylation is 1. The second kappa shape index (κ2) is 10.5. The molecule has 1 saturated carbocycles. The molecule has 11 nitrogen and oxygen atoms in total. The molecule has 4 N–H and O–H groups in total. The number of nitrogens with two attached hydrogens (primary N) is 1. The standard InChI is InChI=1S/C33H29F3N4O7/c1-15-8-17-9-18(11-23(44-3)25(17)40-28(15)34)29(41)38-13-32(43,19-5-6-19)24-12-20-27(45-14-31(20,2)30(37)42)26(39-24)16-4-7-21-22(10-16)47-33(35,36)46-21/h4,7-12,19,43H,5-6,13-14H2,1-3H3,(H2,37,42)(H,38,41)/t31-,32+/m0/s1. The van der Waals surface area contributed by atoms with Gasteiger partial charge < -0.3 is 35.1 Å². The van der Waals surface area contributed by atoms with Crippen LogP contribution in [0, 0.1) is 18.8 Å². The summed E-state index contributed by atoms with van der Waals surface area (Å²) in [7, 11) is 1.38. The summed E-state index contributed by atoms with van der Waals surface area (Å²) in [4.78, 5) is 34.9. The highest BCUT2D eigenvalue weighted by Crippen LogP contribution is 2.51. The number of primary amides is 1. The number of carbonyl (C=O) groups excluding carboxylic acids is 2. The van der Waals surface area contributed by atoms with E-state index in [1.807, 2.05) is 0 Å². The van der Waals surface area contributed by atoms with Gasteiger partial charge in [-0.15, -0.1) is 8.78 Å². The van der Waals surface area contributed by atoms with Gasteiger partial charge >= 0.3 is 6.29 Å². The monoisotopic (exact) mass is 650 g/mol. The number of benzene rings is 2. The van der Waals surface area contributed by atoms with Crippen LogP contribution in [0.4, 0.5) is 13.2 Å². The summed E-state index contributed by atoms with van der Waals surface area (Å²) in [5, 5.41) is 15.5. The van der Waals surface area contributed by atoms with E-state index in [0.29, 0.717) is 34.9 Å². The van der Waals surface area contributed by atoms with Crippen molar-refractivity contribution < 1.29 is 46.8 Å². The number of rotatable bonds is 8. The van der Waals surface area contributed by atoms with Crippen molar-refractivity contribution in [3.8, 4) is 34.3 Å². The van der Waals surface area contributed by atoms with Crippen LogP contribution < -0.4 is 30.0 Å². The maximum absolute atomic E-state index is 14.2. The van der Waals surface area contributed by atoms with E-state index in [2.05, 4.69) is 19.8 Å². The molecule has 2 aromatic carbocycles. The minimum Gasteiger partial charge on any atom is -0.494 e. The number of amides is 2. The number of hydrogen-bond donors (Lipinski definition) is 3. The average Bonchev–Trinajstić information content (AvgIpc) is 3.77. The zero-order valence-electron chi connectivity index (χ0n) is 25.4. The second-order valence-electron chi connectivity index (χ2n) is 12.3. The topological polar surface area (TPSA) is 155 Å². The van der Waals surface area contributed by atoms with E-state index < -0.39 is 35.1 Å². The molecule has 0 radical (unpaired) electrons. The average molecular weight is 651 g/mol. The lowest BCUT2D eigenvalue weighted by Gasteiger charge is -2.30. The lowest BCUT2D eigenvalue weighted by molar-refractivity contribution is -0.286. The van der Waals surface area contributed by atoms with Gasteiger partial charge in [0.1, 0.15) is 40.3 Å². The van der Waals surface area contributed by atoms with Gasteiger partial charge in [0.25, 0.3) is 5.91 Å². The number of methoxy groups -OCH3 is 1. The van der Waals surface area contributed by atoms with E-state index in [1.54, 1.807) is 32.0 Å². The number of nitrogens with one attached hydrogen (secondary N) is 1. The van der Waals surface area contributed by atoms with E-state index in [9.17, 15) is 27.9 Å². The summed E-state index contributed by atoms with van der Waals surface area (Å²) in [6.45, 7) is 2.77. The lowest BCUT2D eigenvalue weighted by atomic mass is 9.81. The summed E-state index contributed by atoms with van der Waals surface area (Å²) in [6.07, 6.45) is -2.59. The van der Waals surface area contributed by atoms with Crippen molar-refractivity contribution in [3.05, 3.63) is 70.8 Å². The lowest BCUT2D eigenvalue weighted by Crippen LogP contribution is -2.44. The van der Waals surface area contributed by atoms with Gasteiger partial charge in [-0.2, -0.15) is 4.39 Å². The molecule has 0 spiro atoms. The minimum absolute atomic E-state index is 0.112. The fourth-order valence-electron chi connectivity index (χ4n) is 6.05. The third-order valence-electron chi connectivity index (χ3n) is 9.00. The number of ether oxygens (including phenoxy) is 4. The van der Waals surface area contributed by atoms with E-state index in [-0.39, 0.29) is 64.5 Å². The third-order valence-corrected chi connectivity index (χ3v) is 9.00. The van der Waals surface area contributed by atoms with Crippen molar-refractivity contribution in [1.29, 1.82) is 0 Å². The van der Waals surface area contributed by atoms with E-state index in [0.717, 1.165) is 0 Å². The Kier molecular flexibility index (Phi) is 6.79. The van der Waals surface area contributed by atoms with E-state index in [4.69, 9.17) is 20.2 Å². The van der Waals surface area contributed by atoms with Crippen molar-refractivity contribution in [2.24, 2.45) is 11.7 Å². The Hall–Kier alpha value is -5.11. The molecule has 14 heteroatoms. The number of hydrogen-bond acceptors (Lipinski definition) is 9. The van der Waals surface area contributed by atoms with E-state index in [1.165, 1.54) is 31.4 Å². The molecule has 2 atom stereocenters. The Bertz CT molecular complexity index is 2000. The second-order valence-corrected chi connectivity index (χ2v) is 12.3. The molecule has 0 saturated heterocycles. The highest BCUT2D eigenvalue weighted by atomic mass is 19.3. The van der Waals surface area contributed by atoms with Crippen molar-refractivity contribution >= 4 is 22.7 Å². The molecule has 2 amide bonds. The molecule has 7 rings (SSSR count). The van der Waals surface area contributed by atoms with Crippen LogP contribution in [0.25, 0.3) is 22.2 Å². The molecule has 1 aliphatic carbocycles. The number of fused-ring (bicyclic) bond motifs is 3. The van der Waals surface area contributed by atoms with Gasteiger partial charge in [-0.1, -0.05) is 0 Å². The van der Waals surface area contributed by atoms with Crippen LogP contribution in [0.3, 0.4) is 0 Å². The smallest absolute Gasteiger partial charge is 0.494 e. The molecular formula is C33H29F3N4O7. The first-order chi connectivity index (χ1) is 22.2. The third kappa shape index (κ3) is 5.03. The number of pyridine rings is 2. The van der Waals surface area contributed by atoms with Gasteiger partial charge in [-0.3, -0.25) is 9.59 Å². The zero-order chi connectivity index (χ0) is 33.5. The molecule has 0 unspecified atom stereocenters. The molecule has 47 heavy (non-hydrogen) atoms. The number of nitrogens with zero attached hydrogens (tertiary/aromatic N) is 2. The van der Waals surface area contributed by atoms with Gasteiger partial charge in [-0.05, 0) is 75.1 Å². The minimum atomic E-state index is -3.84. The Balaban J connectivity index is 1.28. The number of aliphatic hydroxyl groups is 1. The fourth-order valence-corrected chi connectivity index (χ4v) is 6.05. The maximum Gasteiger partial charge on any atom is 0.586 e. The summed E-state index contributed by atoms with van der Waals surface area (Å²) < 4.78 is 62.2. The first-order valence-electron chi connectivity index (χ1n) is 14.8. The summed E-state index contributed by atoms with van der Waals surface area (Å²) >= 11 is 0. The zero-order valence-corrected chi connectivity index (χ0v) is 25.4. The van der Waals surface area contributed by atoms with Crippen LogP contribution in [-0.4, -0.2) is 53.4 Å². The van der Waals surface area contributed by atoms with Crippen LogP contribution in [0.5, 0.6) is 23.0 Å². The van der Waals surface area contributed by atoms with Crippen LogP contribution >= 0.6 is 0 Å². The molecule has 3 aliphatic rings. The quantitative estimate of drug-likeness (QED) is 0.238. The molecule has 2 aromatic heterocycles. The van der Waals surface area contributed by atoms with Gasteiger partial charge in [0, 0.05) is 27.6 Å². The Morgan fingerprint density at radius 1 is 1.13 bits per heavy atom. The van der Waals surface area contributed by atoms with Gasteiger partial charge in [-0.25, -0.2) is 9.97 Å². The number of aromatic nitrogens is 2. The number of carbonyl (C=O) groups is 2. The predicted molar refractivity (Wildman–Crippen MR) is 160 cm³/mol. The molecule has 244 valence electrons. The first-order valence-corrected chi connectivity index (χ1v) is 14.8. The summed E-state index contributed by atoms with van der Waals surface area (Å²) in [5.41, 5.74) is 4.45. The Morgan fingerprint density at radius 2 is 1.87 bits per heavy atom. The molecule has 1 fully saturated rings. The van der Waals surface area contributed by atoms with Crippen LogP contribution in [0.1, 0.15) is 46.9 Å². The highest BCUT2D eigenvalue weighted by Gasteiger charge is 2.50. The van der Waals surface area contributed by atoms with Crippen LogP contribution in [0.2, 0.25) is 0 Å². The molecule has 4 aromatic rings. The Labute approximate surface area is 265 Å². The van der Waals surface area contributed by atoms with Gasteiger partial charge in [0.15, 0.2) is 11.5 Å². The number of halogens is 3. The first kappa shape index (κ1) is 30.5. The predicted octanol–water partition coefficient (Wildman–Crippen LogP) is 4.24. The molecule has 2 aliphatic heterocycles. The highest BCUT2D eigenvalue weighted by molar-refractivity contribution is 6.00. The van der Waals surface area contributed by atoms with Crippen LogP contribution in [0.15, 0.2) is 42.5 Å². The normalized spacial score (nSPS) is 20.3. The van der Waals surface area contributed by atoms with Crippen molar-refractivity contribution in [2.75, 3.05) is 20.3 Å². The Morgan fingerprint density at radius 3 is 2.57 bits per heavy atom.